The van der Waals surface area contributed by atoms with E-state index in [1.54, 1.807) is 12.1 Å². The molecule has 1 aromatic rings. The van der Waals surface area contributed by atoms with E-state index < -0.39 is 17.4 Å². The maximum absolute atomic E-state index is 11.6. The van der Waals surface area contributed by atoms with Gasteiger partial charge in [0.2, 0.25) is 0 Å². The highest BCUT2D eigenvalue weighted by molar-refractivity contribution is 6.35. The van der Waals surface area contributed by atoms with Crippen LogP contribution in [-0.4, -0.2) is 24.2 Å². The van der Waals surface area contributed by atoms with Gasteiger partial charge in [-0.2, -0.15) is 0 Å². The van der Waals surface area contributed by atoms with Crippen molar-refractivity contribution in [1.82, 2.24) is 0 Å². The maximum atomic E-state index is 11.6. The Morgan fingerprint density at radius 3 is 2.44 bits per heavy atom. The van der Waals surface area contributed by atoms with E-state index in [2.05, 4.69) is 4.74 Å². The van der Waals surface area contributed by atoms with E-state index in [1.807, 2.05) is 0 Å². The molecule has 0 aliphatic rings. The summed E-state index contributed by atoms with van der Waals surface area (Å²) >= 11 is 11.7. The highest BCUT2D eigenvalue weighted by Crippen LogP contribution is 2.30. The molecular weight excluding hydrogens is 279 g/mol. The summed E-state index contributed by atoms with van der Waals surface area (Å²) in [4.78, 5) is 22.8. The molecular formula is C12H12Cl2O4. The van der Waals surface area contributed by atoms with E-state index >= 15 is 0 Å². The van der Waals surface area contributed by atoms with Crippen LogP contribution < -0.4 is 0 Å². The third-order valence-electron chi connectivity index (χ3n) is 2.67. The molecule has 98 valence electrons. The number of esters is 1. The van der Waals surface area contributed by atoms with Crippen molar-refractivity contribution < 1.29 is 19.4 Å². The number of carboxylic acids is 1. The minimum atomic E-state index is -1.67. The van der Waals surface area contributed by atoms with Gasteiger partial charge < -0.3 is 9.84 Å². The number of halogens is 2. The summed E-state index contributed by atoms with van der Waals surface area (Å²) in [5.41, 5.74) is -1.15. The van der Waals surface area contributed by atoms with Crippen LogP contribution in [0.15, 0.2) is 18.2 Å². The molecule has 1 rings (SSSR count). The lowest BCUT2D eigenvalue weighted by atomic mass is 9.83. The van der Waals surface area contributed by atoms with Crippen LogP contribution in [0.2, 0.25) is 10.0 Å². The summed E-state index contributed by atoms with van der Waals surface area (Å²) in [5, 5.41) is 9.93. The minimum absolute atomic E-state index is 0.0645. The average Bonchev–Trinajstić information content (AvgIpc) is 2.31. The van der Waals surface area contributed by atoms with Crippen molar-refractivity contribution in [3.05, 3.63) is 33.8 Å². The molecule has 0 aromatic heterocycles. The molecule has 0 aliphatic carbocycles. The number of carboxylic acid groups (broad SMARTS) is 1. The van der Waals surface area contributed by atoms with Crippen molar-refractivity contribution in [2.75, 3.05) is 7.11 Å². The lowest BCUT2D eigenvalue weighted by Crippen LogP contribution is -2.39. The summed E-state index contributed by atoms with van der Waals surface area (Å²) < 4.78 is 4.52. The van der Waals surface area contributed by atoms with E-state index in [0.717, 1.165) is 7.11 Å². The van der Waals surface area contributed by atoms with Gasteiger partial charge in [0.25, 0.3) is 0 Å². The van der Waals surface area contributed by atoms with Crippen molar-refractivity contribution in [3.8, 4) is 0 Å². The number of methoxy groups -OCH3 is 1. The second kappa shape index (κ2) is 5.59. The molecule has 0 heterocycles. The topological polar surface area (TPSA) is 63.6 Å². The Labute approximate surface area is 114 Å². The maximum Gasteiger partial charge on any atom is 0.323 e. The quantitative estimate of drug-likeness (QED) is 0.684. The fourth-order valence-electron chi connectivity index (χ4n) is 1.51. The van der Waals surface area contributed by atoms with Crippen molar-refractivity contribution in [2.45, 2.75) is 13.3 Å². The third kappa shape index (κ3) is 2.94. The Morgan fingerprint density at radius 1 is 1.39 bits per heavy atom. The highest BCUT2D eigenvalue weighted by atomic mass is 35.5. The zero-order valence-corrected chi connectivity index (χ0v) is 11.4. The molecule has 4 nitrogen and oxygen atoms in total. The lowest BCUT2D eigenvalue weighted by Gasteiger charge is -2.22. The second-order valence-electron chi connectivity index (χ2n) is 4.04. The smallest absolute Gasteiger partial charge is 0.323 e. The number of ether oxygens (including phenoxy) is 1. The van der Waals surface area contributed by atoms with Gasteiger partial charge in [-0.15, -0.1) is 0 Å². The van der Waals surface area contributed by atoms with Crippen LogP contribution in [0.5, 0.6) is 0 Å². The first-order valence-electron chi connectivity index (χ1n) is 5.07. The molecule has 0 spiro atoms. The van der Waals surface area contributed by atoms with Crippen molar-refractivity contribution >= 4 is 35.1 Å². The summed E-state index contributed by atoms with van der Waals surface area (Å²) in [7, 11) is 1.15. The molecule has 0 bridgehead atoms. The average molecular weight is 291 g/mol. The fourth-order valence-corrected chi connectivity index (χ4v) is 1.98. The van der Waals surface area contributed by atoms with Gasteiger partial charge in [0, 0.05) is 16.5 Å². The van der Waals surface area contributed by atoms with Gasteiger partial charge in [-0.3, -0.25) is 9.59 Å². The van der Waals surface area contributed by atoms with Crippen molar-refractivity contribution in [3.63, 3.8) is 0 Å². The first kappa shape index (κ1) is 14.8. The number of carbonyl (C=O) groups excluding carboxylic acids is 1. The van der Waals surface area contributed by atoms with Crippen LogP contribution >= 0.6 is 23.2 Å². The monoisotopic (exact) mass is 290 g/mol. The van der Waals surface area contributed by atoms with Crippen molar-refractivity contribution in [1.29, 1.82) is 0 Å². The predicted molar refractivity (Wildman–Crippen MR) is 67.9 cm³/mol. The molecule has 0 saturated carbocycles. The van der Waals surface area contributed by atoms with E-state index in [-0.39, 0.29) is 6.42 Å². The van der Waals surface area contributed by atoms with Crippen LogP contribution in [0, 0.1) is 5.41 Å². The molecule has 0 saturated heterocycles. The molecule has 0 amide bonds. The Morgan fingerprint density at radius 2 is 2.00 bits per heavy atom. The molecule has 6 heteroatoms. The molecule has 0 radical (unpaired) electrons. The SMILES string of the molecule is COC(=O)C(C)(Cc1ccc(Cl)cc1Cl)C(=O)O. The Kier molecular flexibility index (Phi) is 4.59. The number of carbonyl (C=O) groups is 2. The fraction of sp³-hybridized carbons (Fsp3) is 0.333. The molecule has 0 fully saturated rings. The summed E-state index contributed by atoms with van der Waals surface area (Å²) in [5.74, 6) is -2.08. The van der Waals surface area contributed by atoms with Gasteiger partial charge in [0.05, 0.1) is 7.11 Å². The van der Waals surface area contributed by atoms with Gasteiger partial charge in [0.1, 0.15) is 0 Å². The zero-order chi connectivity index (χ0) is 13.9. The third-order valence-corrected chi connectivity index (χ3v) is 3.25. The highest BCUT2D eigenvalue weighted by Gasteiger charge is 2.43. The van der Waals surface area contributed by atoms with Gasteiger partial charge in [-0.1, -0.05) is 29.3 Å². The summed E-state index contributed by atoms with van der Waals surface area (Å²) in [6, 6.07) is 4.68. The van der Waals surface area contributed by atoms with Crippen LogP contribution in [0.3, 0.4) is 0 Å². The van der Waals surface area contributed by atoms with Crippen LogP contribution in [0.25, 0.3) is 0 Å². The number of aliphatic carboxylic acids is 1. The number of benzene rings is 1. The minimum Gasteiger partial charge on any atom is -0.480 e. The van der Waals surface area contributed by atoms with E-state index in [4.69, 9.17) is 23.2 Å². The van der Waals surface area contributed by atoms with E-state index in [1.165, 1.54) is 13.0 Å². The molecule has 1 aromatic carbocycles. The van der Waals surface area contributed by atoms with Gasteiger partial charge in [-0.25, -0.2) is 0 Å². The lowest BCUT2D eigenvalue weighted by molar-refractivity contribution is -0.165. The Hall–Kier alpha value is -1.26. The number of hydrogen-bond acceptors (Lipinski definition) is 3. The van der Waals surface area contributed by atoms with Gasteiger partial charge in [0.15, 0.2) is 5.41 Å². The number of hydrogen-bond donors (Lipinski definition) is 1. The van der Waals surface area contributed by atoms with E-state index in [0.29, 0.717) is 15.6 Å². The van der Waals surface area contributed by atoms with Gasteiger partial charge >= 0.3 is 11.9 Å². The Balaban J connectivity index is 3.12. The van der Waals surface area contributed by atoms with Crippen molar-refractivity contribution in [2.24, 2.45) is 5.41 Å². The van der Waals surface area contributed by atoms with Crippen LogP contribution in [0.4, 0.5) is 0 Å². The second-order valence-corrected chi connectivity index (χ2v) is 4.88. The largest absolute Gasteiger partial charge is 0.480 e. The molecule has 1 N–H and O–H groups in total. The standard InChI is InChI=1S/C12H12Cl2O4/c1-12(10(15)16,11(17)18-2)6-7-3-4-8(13)5-9(7)14/h3-5H,6H2,1-2H3,(H,15,16). The normalized spacial score (nSPS) is 13.8. The molecule has 1 atom stereocenters. The number of rotatable bonds is 4. The van der Waals surface area contributed by atoms with Gasteiger partial charge in [-0.05, 0) is 24.6 Å². The first-order chi connectivity index (χ1) is 8.31. The molecule has 0 aliphatic heterocycles. The van der Waals surface area contributed by atoms with Crippen LogP contribution in [-0.2, 0) is 20.7 Å². The molecule has 18 heavy (non-hydrogen) atoms. The summed E-state index contributed by atoms with van der Waals surface area (Å²) in [6.45, 7) is 1.30. The summed E-state index contributed by atoms with van der Waals surface area (Å²) in [6.07, 6.45) is -0.0645. The Bertz CT molecular complexity index is 487. The first-order valence-corrected chi connectivity index (χ1v) is 5.82. The molecule has 1 unspecified atom stereocenters. The van der Waals surface area contributed by atoms with E-state index in [9.17, 15) is 14.7 Å². The van der Waals surface area contributed by atoms with Crippen LogP contribution in [0.1, 0.15) is 12.5 Å². The predicted octanol–water partition coefficient (Wildman–Crippen LogP) is 2.80. The zero-order valence-electron chi connectivity index (χ0n) is 9.87.